The minimum atomic E-state index is 0.0396. The largest absolute Gasteiger partial charge is 0.497 e. The number of methoxy groups -OCH3 is 1. The van der Waals surface area contributed by atoms with Crippen molar-refractivity contribution in [1.82, 2.24) is 14.8 Å². The first-order chi connectivity index (χ1) is 12.5. The fourth-order valence-corrected chi connectivity index (χ4v) is 4.38. The van der Waals surface area contributed by atoms with Crippen molar-refractivity contribution < 1.29 is 14.3 Å². The van der Waals surface area contributed by atoms with Crippen LogP contribution in [0.3, 0.4) is 0 Å². The van der Waals surface area contributed by atoms with Crippen LogP contribution in [-0.4, -0.2) is 59.4 Å². The number of amides is 2. The highest BCUT2D eigenvalue weighted by atomic mass is 16.5. The number of nitrogens with one attached hydrogen (secondary N) is 1. The summed E-state index contributed by atoms with van der Waals surface area (Å²) < 4.78 is 5.31. The zero-order valence-electron chi connectivity index (χ0n) is 15.5. The lowest BCUT2D eigenvalue weighted by Crippen LogP contribution is -2.47. The third-order valence-electron chi connectivity index (χ3n) is 5.90. The van der Waals surface area contributed by atoms with Gasteiger partial charge in [-0.25, -0.2) is 0 Å². The molecule has 2 aromatic rings. The average Bonchev–Trinajstić information content (AvgIpc) is 2.81. The van der Waals surface area contributed by atoms with Crippen molar-refractivity contribution in [1.29, 1.82) is 0 Å². The van der Waals surface area contributed by atoms with Gasteiger partial charge in [-0.15, -0.1) is 0 Å². The number of nitrogens with zero attached hydrogens (tertiary/aromatic N) is 2. The van der Waals surface area contributed by atoms with Gasteiger partial charge in [-0.1, -0.05) is 0 Å². The number of aromatic amines is 1. The summed E-state index contributed by atoms with van der Waals surface area (Å²) in [4.78, 5) is 32.4. The first-order valence-corrected chi connectivity index (χ1v) is 9.20. The Morgan fingerprint density at radius 1 is 1.19 bits per heavy atom. The third kappa shape index (κ3) is 2.73. The van der Waals surface area contributed by atoms with Gasteiger partial charge >= 0.3 is 0 Å². The zero-order chi connectivity index (χ0) is 18.4. The number of aromatic nitrogens is 1. The van der Waals surface area contributed by atoms with Crippen LogP contribution in [0.15, 0.2) is 18.2 Å². The summed E-state index contributed by atoms with van der Waals surface area (Å²) in [7, 11) is 1.64. The van der Waals surface area contributed by atoms with E-state index in [0.717, 1.165) is 48.1 Å². The normalized spacial score (nSPS) is 22.6. The minimum Gasteiger partial charge on any atom is -0.497 e. The minimum absolute atomic E-state index is 0.0396. The second kappa shape index (κ2) is 6.34. The highest BCUT2D eigenvalue weighted by Gasteiger charge is 2.38. The van der Waals surface area contributed by atoms with E-state index in [1.165, 1.54) is 0 Å². The summed E-state index contributed by atoms with van der Waals surface area (Å²) in [5, 5.41) is 1.01. The zero-order valence-corrected chi connectivity index (χ0v) is 15.5. The predicted molar refractivity (Wildman–Crippen MR) is 99.4 cm³/mol. The smallest absolute Gasteiger partial charge is 0.270 e. The van der Waals surface area contributed by atoms with Gasteiger partial charge in [0.2, 0.25) is 5.91 Å². The number of benzene rings is 1. The molecule has 6 nitrogen and oxygen atoms in total. The standard InChI is InChI=1S/C20H25N3O3/c1-12-17-8-16(26-3)6-7-18(17)21-19(12)20(25)23-10-14-4-5-15(23)11-22(9-14)13(2)24/h6-8,14-15,21H,4-5,9-11H2,1-3H3. The topological polar surface area (TPSA) is 65.6 Å². The Balaban J connectivity index is 1.66. The number of fused-ring (bicyclic) bond motifs is 5. The van der Waals surface area contributed by atoms with Crippen LogP contribution in [0, 0.1) is 12.8 Å². The van der Waals surface area contributed by atoms with Crippen molar-refractivity contribution in [3.63, 3.8) is 0 Å². The van der Waals surface area contributed by atoms with E-state index in [9.17, 15) is 9.59 Å². The number of carbonyl (C=O) groups is 2. The number of rotatable bonds is 2. The number of hydrogen-bond acceptors (Lipinski definition) is 3. The van der Waals surface area contributed by atoms with Crippen molar-refractivity contribution in [3.8, 4) is 5.75 Å². The van der Waals surface area contributed by atoms with Gasteiger partial charge in [0.05, 0.1) is 7.11 Å². The molecular weight excluding hydrogens is 330 g/mol. The molecule has 2 atom stereocenters. The Labute approximate surface area is 153 Å². The molecule has 2 unspecified atom stereocenters. The Morgan fingerprint density at radius 3 is 2.73 bits per heavy atom. The quantitative estimate of drug-likeness (QED) is 0.900. The van der Waals surface area contributed by atoms with E-state index in [2.05, 4.69) is 4.98 Å². The maximum atomic E-state index is 13.3. The summed E-state index contributed by atoms with van der Waals surface area (Å²) >= 11 is 0. The van der Waals surface area contributed by atoms with Crippen LogP contribution in [0.4, 0.5) is 0 Å². The van der Waals surface area contributed by atoms with E-state index < -0.39 is 0 Å². The fourth-order valence-electron chi connectivity index (χ4n) is 4.38. The number of hydrogen-bond donors (Lipinski definition) is 1. The van der Waals surface area contributed by atoms with Gasteiger partial charge in [0, 0.05) is 43.5 Å². The molecule has 1 N–H and O–H groups in total. The van der Waals surface area contributed by atoms with Gasteiger partial charge in [-0.2, -0.15) is 0 Å². The molecule has 5 rings (SSSR count). The molecule has 6 heteroatoms. The molecule has 2 bridgehead atoms. The van der Waals surface area contributed by atoms with Crippen molar-refractivity contribution >= 4 is 22.7 Å². The van der Waals surface area contributed by atoms with E-state index in [-0.39, 0.29) is 17.9 Å². The molecule has 3 aliphatic rings. The van der Waals surface area contributed by atoms with Gasteiger partial charge in [0.25, 0.3) is 5.91 Å². The second-order valence-electron chi connectivity index (χ2n) is 7.52. The molecule has 0 aliphatic carbocycles. The predicted octanol–water partition coefficient (Wildman–Crippen LogP) is 2.57. The van der Waals surface area contributed by atoms with Gasteiger partial charge < -0.3 is 19.5 Å². The Bertz CT molecular complexity index is 873. The first kappa shape index (κ1) is 16.9. The van der Waals surface area contributed by atoms with E-state index >= 15 is 0 Å². The van der Waals surface area contributed by atoms with Crippen LogP contribution in [0.1, 0.15) is 35.8 Å². The molecule has 3 saturated heterocycles. The molecule has 3 fully saturated rings. The molecule has 0 saturated carbocycles. The Kier molecular flexibility index (Phi) is 4.13. The number of H-pyrrole nitrogens is 1. The van der Waals surface area contributed by atoms with E-state index in [1.54, 1.807) is 14.0 Å². The fraction of sp³-hybridized carbons (Fsp3) is 0.500. The summed E-state index contributed by atoms with van der Waals surface area (Å²) in [6, 6.07) is 5.91. The SMILES string of the molecule is COc1ccc2[nH]c(C(=O)N3CC4CCC3CN(C(C)=O)C4)c(C)c2c1. The lowest BCUT2D eigenvalue weighted by atomic mass is 9.94. The van der Waals surface area contributed by atoms with Crippen LogP contribution >= 0.6 is 0 Å². The lowest BCUT2D eigenvalue weighted by molar-refractivity contribution is -0.129. The number of aryl methyl sites for hydroxylation is 1. The lowest BCUT2D eigenvalue weighted by Gasteiger charge is -2.36. The molecule has 4 heterocycles. The molecule has 1 aromatic carbocycles. The van der Waals surface area contributed by atoms with Crippen LogP contribution in [-0.2, 0) is 4.79 Å². The van der Waals surface area contributed by atoms with E-state index in [4.69, 9.17) is 4.74 Å². The molecule has 26 heavy (non-hydrogen) atoms. The van der Waals surface area contributed by atoms with Crippen LogP contribution in [0.5, 0.6) is 5.75 Å². The summed E-state index contributed by atoms with van der Waals surface area (Å²) in [6.45, 7) is 5.73. The van der Waals surface area contributed by atoms with Crippen molar-refractivity contribution in [2.24, 2.45) is 5.92 Å². The Hall–Kier alpha value is -2.50. The molecule has 138 valence electrons. The monoisotopic (exact) mass is 355 g/mol. The highest BCUT2D eigenvalue weighted by Crippen LogP contribution is 2.32. The van der Waals surface area contributed by atoms with Crippen LogP contribution < -0.4 is 4.74 Å². The molecule has 0 radical (unpaired) electrons. The van der Waals surface area contributed by atoms with Crippen molar-refractivity contribution in [2.45, 2.75) is 32.7 Å². The molecule has 1 aromatic heterocycles. The van der Waals surface area contributed by atoms with Gasteiger partial charge in [-0.3, -0.25) is 9.59 Å². The Morgan fingerprint density at radius 2 is 2.00 bits per heavy atom. The van der Waals surface area contributed by atoms with E-state index in [0.29, 0.717) is 18.2 Å². The average molecular weight is 355 g/mol. The summed E-state index contributed by atoms with van der Waals surface area (Å²) in [5.74, 6) is 1.29. The molecule has 3 aliphatic heterocycles. The summed E-state index contributed by atoms with van der Waals surface area (Å²) in [5.41, 5.74) is 2.54. The van der Waals surface area contributed by atoms with Crippen LogP contribution in [0.2, 0.25) is 0 Å². The molecule has 2 amide bonds. The molecular formula is C20H25N3O3. The number of piperidine rings is 1. The maximum Gasteiger partial charge on any atom is 0.270 e. The first-order valence-electron chi connectivity index (χ1n) is 9.20. The van der Waals surface area contributed by atoms with Gasteiger partial charge in [-0.05, 0) is 49.4 Å². The second-order valence-corrected chi connectivity index (χ2v) is 7.52. The number of ether oxygens (including phenoxy) is 1. The van der Waals surface area contributed by atoms with Crippen molar-refractivity contribution in [2.75, 3.05) is 26.7 Å². The summed E-state index contributed by atoms with van der Waals surface area (Å²) in [6.07, 6.45) is 2.05. The third-order valence-corrected chi connectivity index (χ3v) is 5.90. The maximum absolute atomic E-state index is 13.3. The highest BCUT2D eigenvalue weighted by molar-refractivity contribution is 6.01. The van der Waals surface area contributed by atoms with Crippen LogP contribution in [0.25, 0.3) is 10.9 Å². The number of carbonyl (C=O) groups excluding carboxylic acids is 2. The molecule has 0 spiro atoms. The van der Waals surface area contributed by atoms with Gasteiger partial charge in [0.1, 0.15) is 11.4 Å². The van der Waals surface area contributed by atoms with Crippen molar-refractivity contribution in [3.05, 3.63) is 29.5 Å². The van der Waals surface area contributed by atoms with E-state index in [1.807, 2.05) is 34.9 Å². The van der Waals surface area contributed by atoms with Gasteiger partial charge in [0.15, 0.2) is 0 Å².